The molecule has 0 heterocycles. The lowest BCUT2D eigenvalue weighted by molar-refractivity contribution is -0.149. The Morgan fingerprint density at radius 1 is 1.53 bits per heavy atom. The predicted octanol–water partition coefficient (Wildman–Crippen LogP) is 2.85. The van der Waals surface area contributed by atoms with Crippen LogP contribution in [-0.4, -0.2) is 18.1 Å². The van der Waals surface area contributed by atoms with Crippen LogP contribution < -0.4 is 10.2 Å². The molecule has 4 nitrogen and oxygen atoms in total. The topological polar surface area (TPSA) is 47.6 Å². The van der Waals surface area contributed by atoms with E-state index in [4.69, 9.17) is 21.2 Å². The molecular weight excluding hydrogens is 273 g/mol. The first kappa shape index (κ1) is 14.1. The molecule has 1 N–H and O–H groups in total. The molecule has 2 rings (SSSR count). The average molecular weight is 288 g/mol. The first-order valence-corrected chi connectivity index (χ1v) is 6.51. The zero-order chi connectivity index (χ0) is 13.8. The van der Waals surface area contributed by atoms with Crippen molar-refractivity contribution in [3.05, 3.63) is 29.0 Å². The van der Waals surface area contributed by atoms with Gasteiger partial charge < -0.3 is 4.74 Å². The third-order valence-corrected chi connectivity index (χ3v) is 3.26. The Morgan fingerprint density at radius 2 is 2.26 bits per heavy atom. The molecule has 1 atom stereocenters. The number of amides is 1. The van der Waals surface area contributed by atoms with E-state index in [0.29, 0.717) is 0 Å². The molecule has 1 saturated carbocycles. The Labute approximate surface area is 115 Å². The van der Waals surface area contributed by atoms with Gasteiger partial charge in [0.1, 0.15) is 11.6 Å². The SMILES string of the molecule is CC(Oc1ccc(Cl)c(F)c1)C(=O)NOC1CCC1. The van der Waals surface area contributed by atoms with Crippen molar-refractivity contribution in [1.82, 2.24) is 5.48 Å². The summed E-state index contributed by atoms with van der Waals surface area (Å²) in [7, 11) is 0. The minimum Gasteiger partial charge on any atom is -0.481 e. The van der Waals surface area contributed by atoms with Crippen molar-refractivity contribution in [3.8, 4) is 5.75 Å². The Hall–Kier alpha value is -1.33. The highest BCUT2D eigenvalue weighted by Crippen LogP contribution is 2.22. The van der Waals surface area contributed by atoms with Crippen LogP contribution in [0.15, 0.2) is 18.2 Å². The fourth-order valence-electron chi connectivity index (χ4n) is 1.52. The van der Waals surface area contributed by atoms with Gasteiger partial charge in [0, 0.05) is 6.07 Å². The number of carbonyl (C=O) groups is 1. The van der Waals surface area contributed by atoms with Crippen molar-refractivity contribution >= 4 is 17.5 Å². The number of carbonyl (C=O) groups excluding carboxylic acids is 1. The molecule has 6 heteroatoms. The monoisotopic (exact) mass is 287 g/mol. The molecule has 19 heavy (non-hydrogen) atoms. The summed E-state index contributed by atoms with van der Waals surface area (Å²) in [5.41, 5.74) is 2.35. The van der Waals surface area contributed by atoms with Gasteiger partial charge in [0.25, 0.3) is 5.91 Å². The predicted molar refractivity (Wildman–Crippen MR) is 68.4 cm³/mol. The molecule has 1 aliphatic rings. The second kappa shape index (κ2) is 6.21. The smallest absolute Gasteiger partial charge is 0.284 e. The average Bonchev–Trinajstić information content (AvgIpc) is 2.31. The van der Waals surface area contributed by atoms with E-state index < -0.39 is 17.8 Å². The van der Waals surface area contributed by atoms with Crippen molar-refractivity contribution in [2.24, 2.45) is 0 Å². The van der Waals surface area contributed by atoms with Crippen LogP contribution in [0.5, 0.6) is 5.75 Å². The highest BCUT2D eigenvalue weighted by atomic mass is 35.5. The molecule has 1 amide bonds. The van der Waals surface area contributed by atoms with Crippen LogP contribution in [-0.2, 0) is 9.63 Å². The minimum atomic E-state index is -0.777. The first-order valence-electron chi connectivity index (χ1n) is 6.13. The summed E-state index contributed by atoms with van der Waals surface area (Å²) in [6.07, 6.45) is 2.36. The van der Waals surface area contributed by atoms with Gasteiger partial charge in [-0.25, -0.2) is 9.87 Å². The lowest BCUT2D eigenvalue weighted by Crippen LogP contribution is -2.40. The van der Waals surface area contributed by atoms with Crippen molar-refractivity contribution < 1.29 is 18.8 Å². The Balaban J connectivity index is 1.82. The van der Waals surface area contributed by atoms with Crippen LogP contribution >= 0.6 is 11.6 Å². The van der Waals surface area contributed by atoms with Gasteiger partial charge in [-0.05, 0) is 38.3 Å². The maximum atomic E-state index is 13.2. The third kappa shape index (κ3) is 3.81. The summed E-state index contributed by atoms with van der Waals surface area (Å²) in [5.74, 6) is -0.743. The summed E-state index contributed by atoms with van der Waals surface area (Å²) in [5, 5.41) is 0.0118. The fraction of sp³-hybridized carbons (Fsp3) is 0.462. The van der Waals surface area contributed by atoms with Gasteiger partial charge in [-0.3, -0.25) is 9.63 Å². The Bertz CT molecular complexity index is 465. The maximum Gasteiger partial charge on any atom is 0.284 e. The van der Waals surface area contributed by atoms with Crippen molar-refractivity contribution in [1.29, 1.82) is 0 Å². The van der Waals surface area contributed by atoms with Crippen molar-refractivity contribution in [2.45, 2.75) is 38.4 Å². The first-order chi connectivity index (χ1) is 9.06. The molecule has 0 aliphatic heterocycles. The van der Waals surface area contributed by atoms with Gasteiger partial charge >= 0.3 is 0 Å². The van der Waals surface area contributed by atoms with Gasteiger partial charge in [0.2, 0.25) is 0 Å². The second-order valence-corrected chi connectivity index (χ2v) is 4.88. The standard InChI is InChI=1S/C13H15ClFNO3/c1-8(13(17)16-19-9-3-2-4-9)18-10-5-6-11(14)12(15)7-10/h5-9H,2-4H2,1H3,(H,16,17). The zero-order valence-corrected chi connectivity index (χ0v) is 11.2. The van der Waals surface area contributed by atoms with E-state index in [1.54, 1.807) is 6.92 Å². The van der Waals surface area contributed by atoms with Crippen LogP contribution in [0.4, 0.5) is 4.39 Å². The van der Waals surface area contributed by atoms with E-state index in [1.165, 1.54) is 12.1 Å². The number of nitrogens with one attached hydrogen (secondary N) is 1. The molecule has 1 unspecified atom stereocenters. The van der Waals surface area contributed by atoms with Gasteiger partial charge in [-0.15, -0.1) is 0 Å². The van der Waals surface area contributed by atoms with Gasteiger partial charge in [0.05, 0.1) is 11.1 Å². The zero-order valence-electron chi connectivity index (χ0n) is 10.5. The highest BCUT2D eigenvalue weighted by Gasteiger charge is 2.21. The van der Waals surface area contributed by atoms with Gasteiger partial charge in [-0.1, -0.05) is 11.6 Å². The van der Waals surface area contributed by atoms with Crippen LogP contribution in [0, 0.1) is 5.82 Å². The summed E-state index contributed by atoms with van der Waals surface area (Å²) < 4.78 is 18.5. The molecule has 0 aromatic heterocycles. The maximum absolute atomic E-state index is 13.2. The summed E-state index contributed by atoms with van der Waals surface area (Å²) in [4.78, 5) is 16.8. The van der Waals surface area contributed by atoms with E-state index in [9.17, 15) is 9.18 Å². The molecule has 1 aromatic rings. The summed E-state index contributed by atoms with van der Waals surface area (Å²) in [6, 6.07) is 4.02. The van der Waals surface area contributed by atoms with Crippen LogP contribution in [0.1, 0.15) is 26.2 Å². The van der Waals surface area contributed by atoms with Crippen LogP contribution in [0.25, 0.3) is 0 Å². The largest absolute Gasteiger partial charge is 0.481 e. The number of rotatable bonds is 5. The Kier molecular flexibility index (Phi) is 4.61. The quantitative estimate of drug-likeness (QED) is 0.847. The van der Waals surface area contributed by atoms with E-state index in [1.807, 2.05) is 0 Å². The molecule has 1 aliphatic carbocycles. The molecular formula is C13H15ClFNO3. The van der Waals surface area contributed by atoms with Crippen molar-refractivity contribution in [3.63, 3.8) is 0 Å². The summed E-state index contributed by atoms with van der Waals surface area (Å²) in [6.45, 7) is 1.56. The number of ether oxygens (including phenoxy) is 1. The van der Waals surface area contributed by atoms with Crippen LogP contribution in [0.3, 0.4) is 0 Å². The van der Waals surface area contributed by atoms with Crippen LogP contribution in [0.2, 0.25) is 5.02 Å². The minimum absolute atomic E-state index is 0.0118. The lowest BCUT2D eigenvalue weighted by Gasteiger charge is -2.25. The van der Waals surface area contributed by atoms with Gasteiger partial charge in [0.15, 0.2) is 6.10 Å². The lowest BCUT2D eigenvalue weighted by atomic mass is 9.97. The van der Waals surface area contributed by atoms with E-state index in [0.717, 1.165) is 25.3 Å². The van der Waals surface area contributed by atoms with E-state index in [-0.39, 0.29) is 16.9 Å². The fourth-order valence-corrected chi connectivity index (χ4v) is 1.64. The molecule has 0 radical (unpaired) electrons. The van der Waals surface area contributed by atoms with Gasteiger partial charge in [-0.2, -0.15) is 0 Å². The number of hydroxylamine groups is 1. The molecule has 0 spiro atoms. The Morgan fingerprint density at radius 3 is 2.84 bits per heavy atom. The molecule has 1 fully saturated rings. The third-order valence-electron chi connectivity index (χ3n) is 2.95. The number of benzene rings is 1. The summed E-state index contributed by atoms with van der Waals surface area (Å²) >= 11 is 5.56. The normalized spacial score (nSPS) is 16.6. The van der Waals surface area contributed by atoms with E-state index >= 15 is 0 Å². The number of halogens is 2. The highest BCUT2D eigenvalue weighted by molar-refractivity contribution is 6.30. The molecule has 0 bridgehead atoms. The molecule has 1 aromatic carbocycles. The number of hydrogen-bond acceptors (Lipinski definition) is 3. The molecule has 104 valence electrons. The van der Waals surface area contributed by atoms with Crippen molar-refractivity contribution in [2.75, 3.05) is 0 Å². The number of hydrogen-bond donors (Lipinski definition) is 1. The second-order valence-electron chi connectivity index (χ2n) is 4.47. The molecule has 0 saturated heterocycles. The van der Waals surface area contributed by atoms with E-state index in [2.05, 4.69) is 5.48 Å².